The first-order valence-electron chi connectivity index (χ1n) is 16.7. The molecular formula is C42H30AlF5O3Si2. The van der Waals surface area contributed by atoms with Crippen LogP contribution in [0.2, 0.25) is 0 Å². The monoisotopic (exact) mass is 760 g/mol. The van der Waals surface area contributed by atoms with Crippen molar-refractivity contribution in [1.82, 2.24) is 0 Å². The summed E-state index contributed by atoms with van der Waals surface area (Å²) in [6.07, 6.45) is 0. The van der Waals surface area contributed by atoms with Crippen LogP contribution < -0.4 is 34.9 Å². The lowest BCUT2D eigenvalue weighted by atomic mass is 10.3. The van der Waals surface area contributed by atoms with Crippen LogP contribution in [-0.2, 0) is 6.96 Å². The first kappa shape index (κ1) is 36.2. The smallest absolute Gasteiger partial charge is 0.595 e. The molecule has 0 saturated carbocycles. The van der Waals surface area contributed by atoms with Gasteiger partial charge in [0.1, 0.15) is 0 Å². The number of hydrogen-bond acceptors (Lipinski definition) is 3. The molecular weight excluding hydrogens is 731 g/mol. The molecule has 262 valence electrons. The molecule has 0 aliphatic rings. The van der Waals surface area contributed by atoms with Crippen molar-refractivity contribution in [2.75, 3.05) is 0 Å². The van der Waals surface area contributed by atoms with Gasteiger partial charge in [0.05, 0.1) is 0 Å². The Morgan fingerprint density at radius 2 is 0.509 bits per heavy atom. The molecule has 0 unspecified atom stereocenters. The van der Waals surface area contributed by atoms with Gasteiger partial charge in [-0.1, -0.05) is 182 Å². The Balaban J connectivity index is 1.54. The second-order valence-electron chi connectivity index (χ2n) is 12.1. The molecule has 53 heavy (non-hydrogen) atoms. The summed E-state index contributed by atoms with van der Waals surface area (Å²) in [5.74, 6) is -12.3. The van der Waals surface area contributed by atoms with Gasteiger partial charge in [-0.25, -0.2) is 13.2 Å². The second kappa shape index (κ2) is 15.9. The average molecular weight is 761 g/mol. The van der Waals surface area contributed by atoms with Gasteiger partial charge in [-0.05, 0) is 31.1 Å². The average Bonchev–Trinajstić information content (AvgIpc) is 3.23. The number of rotatable bonds is 12. The third-order valence-electron chi connectivity index (χ3n) is 9.01. The lowest BCUT2D eigenvalue weighted by Crippen LogP contribution is -2.75. The van der Waals surface area contributed by atoms with Crippen LogP contribution in [0.4, 0.5) is 22.0 Å². The van der Waals surface area contributed by atoms with Crippen LogP contribution in [0.25, 0.3) is 0 Å². The SMILES string of the molecule is Fc1c(F)c(F)c([O][Al]([O][Si](c2ccccc2)(c2ccccc2)c2ccccc2)[O][Si](c2ccccc2)(c2ccccc2)c2ccccc2)c(F)c1F. The van der Waals surface area contributed by atoms with Gasteiger partial charge in [0.25, 0.3) is 16.6 Å². The van der Waals surface area contributed by atoms with Crippen molar-refractivity contribution in [3.05, 3.63) is 211 Å². The van der Waals surface area contributed by atoms with Gasteiger partial charge in [-0.15, -0.1) is 0 Å². The predicted molar refractivity (Wildman–Crippen MR) is 203 cm³/mol. The maximum absolute atomic E-state index is 15.7. The highest BCUT2D eigenvalue weighted by Gasteiger charge is 2.57. The quantitative estimate of drug-likeness (QED) is 0.0495. The zero-order valence-electron chi connectivity index (χ0n) is 28.0. The zero-order valence-corrected chi connectivity index (χ0v) is 31.2. The molecule has 7 aromatic carbocycles. The third-order valence-corrected chi connectivity index (χ3v) is 20.7. The minimum atomic E-state index is -4.15. The molecule has 0 heterocycles. The molecule has 3 nitrogen and oxygen atoms in total. The second-order valence-corrected chi connectivity index (χ2v) is 21.0. The summed E-state index contributed by atoms with van der Waals surface area (Å²) < 4.78 is 96.1. The lowest BCUT2D eigenvalue weighted by molar-refractivity contribution is 0.280. The summed E-state index contributed by atoms with van der Waals surface area (Å²) in [6, 6.07) is 56.1. The predicted octanol–water partition coefficient (Wildman–Crippen LogP) is 6.11. The van der Waals surface area contributed by atoms with Crippen molar-refractivity contribution in [2.45, 2.75) is 0 Å². The van der Waals surface area contributed by atoms with Gasteiger partial charge in [0.2, 0.25) is 29.1 Å². The van der Waals surface area contributed by atoms with Crippen molar-refractivity contribution in [3.8, 4) is 5.75 Å². The highest BCUT2D eigenvalue weighted by Crippen LogP contribution is 2.31. The molecule has 0 fully saturated rings. The van der Waals surface area contributed by atoms with Crippen LogP contribution in [0.3, 0.4) is 0 Å². The highest BCUT2D eigenvalue weighted by molar-refractivity contribution is 7.11. The van der Waals surface area contributed by atoms with Gasteiger partial charge in [-0.3, -0.25) is 0 Å². The molecule has 7 aromatic rings. The van der Waals surface area contributed by atoms with Crippen LogP contribution in [0, 0.1) is 29.1 Å². The van der Waals surface area contributed by atoms with Gasteiger partial charge in [0.15, 0.2) is 5.75 Å². The van der Waals surface area contributed by atoms with Crippen molar-refractivity contribution in [3.63, 3.8) is 0 Å². The standard InChI is InChI=1S/2C18H15OSi.C6HF5O.Al/c2*19-20(16-10-4-1-5-11-16,17-12-6-2-7-13-17)18-14-8-3-9-15-18;7-1-2(8)4(10)6(12)5(11)3(1)9;/h2*1-15H;12H;/q2*-1;;+3/p-1. The number of hydrogen-bond donors (Lipinski definition) is 0. The first-order valence-corrected chi connectivity index (χ1v) is 22.0. The molecule has 0 aliphatic carbocycles. The van der Waals surface area contributed by atoms with E-state index in [9.17, 15) is 13.2 Å². The van der Waals surface area contributed by atoms with Gasteiger partial charge >= 0.3 is 15.1 Å². The third kappa shape index (κ3) is 6.91. The summed E-state index contributed by atoms with van der Waals surface area (Å²) in [4.78, 5) is 0. The molecule has 0 saturated heterocycles. The Hall–Kier alpha value is -5.12. The minimum absolute atomic E-state index is 0.742. The van der Waals surface area contributed by atoms with Crippen LogP contribution in [0.1, 0.15) is 0 Å². The summed E-state index contributed by atoms with van der Waals surface area (Å²) in [7, 11) is -7.58. The van der Waals surface area contributed by atoms with E-state index >= 15 is 8.78 Å². The summed E-state index contributed by atoms with van der Waals surface area (Å²) >= 11 is -4.15. The fraction of sp³-hybridized carbons (Fsp3) is 0. The van der Waals surface area contributed by atoms with Crippen LogP contribution in [0.5, 0.6) is 5.75 Å². The summed E-state index contributed by atoms with van der Waals surface area (Å²) in [6.45, 7) is 0. The number of halogens is 5. The molecule has 0 N–H and O–H groups in total. The van der Waals surface area contributed by atoms with E-state index < -0.39 is 66.6 Å². The first-order chi connectivity index (χ1) is 25.9. The Bertz CT molecular complexity index is 1930. The Labute approximate surface area is 311 Å². The zero-order chi connectivity index (χ0) is 36.8. The largest absolute Gasteiger partial charge is 0.980 e. The lowest BCUT2D eigenvalue weighted by Gasteiger charge is -2.39. The van der Waals surface area contributed by atoms with Crippen LogP contribution >= 0.6 is 0 Å². The molecule has 0 spiro atoms. The van der Waals surface area contributed by atoms with E-state index in [0.29, 0.717) is 0 Å². The maximum Gasteiger partial charge on any atom is 0.980 e. The van der Waals surface area contributed by atoms with E-state index in [1.54, 1.807) is 0 Å². The molecule has 0 aromatic heterocycles. The van der Waals surface area contributed by atoms with E-state index in [1.165, 1.54) is 0 Å². The van der Waals surface area contributed by atoms with Crippen LogP contribution in [0.15, 0.2) is 182 Å². The Morgan fingerprint density at radius 1 is 0.302 bits per heavy atom. The van der Waals surface area contributed by atoms with Crippen molar-refractivity contribution in [1.29, 1.82) is 0 Å². The summed E-state index contributed by atoms with van der Waals surface area (Å²) in [5, 5.41) is 4.45. The van der Waals surface area contributed by atoms with E-state index in [1.807, 2.05) is 182 Å². The fourth-order valence-electron chi connectivity index (χ4n) is 6.59. The maximum atomic E-state index is 15.7. The Morgan fingerprint density at radius 3 is 0.736 bits per heavy atom. The molecule has 11 heteroatoms. The number of benzene rings is 7. The van der Waals surface area contributed by atoms with Crippen molar-refractivity contribution in [2.24, 2.45) is 0 Å². The van der Waals surface area contributed by atoms with Gasteiger partial charge in [-0.2, -0.15) is 8.78 Å². The van der Waals surface area contributed by atoms with Crippen molar-refractivity contribution < 1.29 is 32.7 Å². The molecule has 0 aliphatic heterocycles. The fourth-order valence-corrected chi connectivity index (χ4v) is 19.5. The normalized spacial score (nSPS) is 11.6. The topological polar surface area (TPSA) is 27.7 Å². The van der Waals surface area contributed by atoms with E-state index in [4.69, 9.17) is 10.7 Å². The van der Waals surface area contributed by atoms with Gasteiger partial charge in [0, 0.05) is 0 Å². The molecule has 0 amide bonds. The van der Waals surface area contributed by atoms with E-state index in [0.717, 1.165) is 31.1 Å². The highest BCUT2D eigenvalue weighted by atomic mass is 28.4. The van der Waals surface area contributed by atoms with Crippen molar-refractivity contribution >= 4 is 62.9 Å². The molecule has 0 atom stereocenters. The molecule has 0 radical (unpaired) electrons. The minimum Gasteiger partial charge on any atom is -0.595 e. The van der Waals surface area contributed by atoms with E-state index in [2.05, 4.69) is 0 Å². The van der Waals surface area contributed by atoms with Crippen LogP contribution in [-0.4, -0.2) is 31.8 Å². The molecule has 0 bridgehead atoms. The molecule has 7 rings (SSSR count). The summed E-state index contributed by atoms with van der Waals surface area (Å²) in [5.41, 5.74) is 0. The Kier molecular flexibility index (Phi) is 10.8. The van der Waals surface area contributed by atoms with Gasteiger partial charge < -0.3 is 10.7 Å². The van der Waals surface area contributed by atoms with E-state index in [-0.39, 0.29) is 0 Å².